The summed E-state index contributed by atoms with van der Waals surface area (Å²) in [6, 6.07) is 0.191. The van der Waals surface area contributed by atoms with Gasteiger partial charge in [-0.3, -0.25) is 0 Å². The van der Waals surface area contributed by atoms with Gasteiger partial charge in [-0.15, -0.1) is 0 Å². The van der Waals surface area contributed by atoms with Gasteiger partial charge in [0.1, 0.15) is 0 Å². The molecule has 3 nitrogen and oxygen atoms in total. The number of rotatable bonds is 1. The quantitative estimate of drug-likeness (QED) is 0.417. The molecule has 1 saturated carbocycles. The van der Waals surface area contributed by atoms with E-state index in [0.717, 1.165) is 19.3 Å². The molecule has 0 aromatic heterocycles. The summed E-state index contributed by atoms with van der Waals surface area (Å²) in [5.41, 5.74) is 5.54. The molecule has 0 bridgehead atoms. The standard InChI is InChI=1S/C6H13NO2/c7-5-2-1-4(3-5)6(8)9/h4-6,8-9H,1-3,7H2/t4?,5-/m0/s1. The molecular formula is C6H13NO2. The van der Waals surface area contributed by atoms with Crippen LogP contribution in [0.5, 0.6) is 0 Å². The maximum atomic E-state index is 8.67. The zero-order valence-corrected chi connectivity index (χ0v) is 5.33. The van der Waals surface area contributed by atoms with E-state index in [-0.39, 0.29) is 12.0 Å². The molecule has 1 aliphatic rings. The molecular weight excluding hydrogens is 118 g/mol. The summed E-state index contributed by atoms with van der Waals surface area (Å²) in [6.07, 6.45) is 1.40. The van der Waals surface area contributed by atoms with E-state index in [1.165, 1.54) is 0 Å². The zero-order valence-electron chi connectivity index (χ0n) is 5.33. The maximum Gasteiger partial charge on any atom is 0.154 e. The topological polar surface area (TPSA) is 66.5 Å². The number of hydrogen-bond donors (Lipinski definition) is 3. The van der Waals surface area contributed by atoms with Crippen molar-refractivity contribution in [3.8, 4) is 0 Å². The molecule has 0 aromatic carbocycles. The predicted molar refractivity (Wildman–Crippen MR) is 33.5 cm³/mol. The number of aliphatic hydroxyl groups excluding tert-OH is 1. The van der Waals surface area contributed by atoms with Crippen molar-refractivity contribution in [1.82, 2.24) is 0 Å². The largest absolute Gasteiger partial charge is 0.368 e. The average molecular weight is 131 g/mol. The van der Waals surface area contributed by atoms with E-state index in [0.29, 0.717) is 0 Å². The summed E-state index contributed by atoms with van der Waals surface area (Å²) in [4.78, 5) is 0. The lowest BCUT2D eigenvalue weighted by Crippen LogP contribution is -2.20. The van der Waals surface area contributed by atoms with Gasteiger partial charge in [0, 0.05) is 12.0 Å². The molecule has 0 heterocycles. The molecule has 9 heavy (non-hydrogen) atoms. The Morgan fingerprint density at radius 2 is 2.00 bits per heavy atom. The van der Waals surface area contributed by atoms with E-state index in [9.17, 15) is 0 Å². The Balaban J connectivity index is 2.30. The minimum Gasteiger partial charge on any atom is -0.368 e. The zero-order chi connectivity index (χ0) is 6.85. The fraction of sp³-hybridized carbons (Fsp3) is 1.00. The summed E-state index contributed by atoms with van der Waals surface area (Å²) in [5, 5.41) is 17.3. The molecule has 0 saturated heterocycles. The Hall–Kier alpha value is -0.120. The second kappa shape index (κ2) is 2.64. The Labute approximate surface area is 54.5 Å². The van der Waals surface area contributed by atoms with E-state index in [1.54, 1.807) is 0 Å². The third kappa shape index (κ3) is 1.64. The van der Waals surface area contributed by atoms with E-state index < -0.39 is 6.29 Å². The van der Waals surface area contributed by atoms with Gasteiger partial charge >= 0.3 is 0 Å². The van der Waals surface area contributed by atoms with Gasteiger partial charge in [-0.25, -0.2) is 0 Å². The molecule has 1 rings (SSSR count). The van der Waals surface area contributed by atoms with Crippen LogP contribution in [0, 0.1) is 5.92 Å². The monoisotopic (exact) mass is 131 g/mol. The maximum absolute atomic E-state index is 8.67. The van der Waals surface area contributed by atoms with Crippen LogP contribution < -0.4 is 5.73 Å². The second-order valence-electron chi connectivity index (χ2n) is 2.75. The smallest absolute Gasteiger partial charge is 0.154 e. The molecule has 0 amide bonds. The van der Waals surface area contributed by atoms with Crippen LogP contribution in [-0.4, -0.2) is 22.5 Å². The van der Waals surface area contributed by atoms with Crippen molar-refractivity contribution in [2.75, 3.05) is 0 Å². The highest BCUT2D eigenvalue weighted by atomic mass is 16.5. The fourth-order valence-electron chi connectivity index (χ4n) is 1.32. The minimum atomic E-state index is -1.15. The highest BCUT2D eigenvalue weighted by Crippen LogP contribution is 2.25. The van der Waals surface area contributed by atoms with Crippen molar-refractivity contribution in [2.45, 2.75) is 31.6 Å². The van der Waals surface area contributed by atoms with Gasteiger partial charge in [-0.1, -0.05) is 0 Å². The minimum absolute atomic E-state index is 0.0278. The first-order chi connectivity index (χ1) is 4.20. The highest BCUT2D eigenvalue weighted by Gasteiger charge is 2.26. The fourth-order valence-corrected chi connectivity index (χ4v) is 1.32. The van der Waals surface area contributed by atoms with E-state index in [4.69, 9.17) is 15.9 Å². The van der Waals surface area contributed by atoms with Gasteiger partial charge in [0.15, 0.2) is 6.29 Å². The van der Waals surface area contributed by atoms with Crippen molar-refractivity contribution >= 4 is 0 Å². The first-order valence-corrected chi connectivity index (χ1v) is 3.32. The lowest BCUT2D eigenvalue weighted by Gasteiger charge is -2.10. The molecule has 2 atom stereocenters. The normalized spacial score (nSPS) is 36.0. The second-order valence-corrected chi connectivity index (χ2v) is 2.75. The molecule has 4 N–H and O–H groups in total. The van der Waals surface area contributed by atoms with Gasteiger partial charge in [0.25, 0.3) is 0 Å². The van der Waals surface area contributed by atoms with Crippen molar-refractivity contribution in [3.05, 3.63) is 0 Å². The lowest BCUT2D eigenvalue weighted by molar-refractivity contribution is -0.0817. The van der Waals surface area contributed by atoms with Gasteiger partial charge in [0.2, 0.25) is 0 Å². The van der Waals surface area contributed by atoms with Crippen LogP contribution in [0.25, 0.3) is 0 Å². The Morgan fingerprint density at radius 1 is 1.33 bits per heavy atom. The summed E-state index contributed by atoms with van der Waals surface area (Å²) in [6.45, 7) is 0. The van der Waals surface area contributed by atoms with Gasteiger partial charge in [-0.2, -0.15) is 0 Å². The molecule has 1 fully saturated rings. The van der Waals surface area contributed by atoms with Crippen LogP contribution in [0.3, 0.4) is 0 Å². The first kappa shape index (κ1) is 6.99. The summed E-state index contributed by atoms with van der Waals surface area (Å²) in [5.74, 6) is 0.0278. The third-order valence-corrected chi connectivity index (χ3v) is 1.94. The van der Waals surface area contributed by atoms with Crippen LogP contribution in [0.4, 0.5) is 0 Å². The molecule has 1 unspecified atom stereocenters. The molecule has 0 aromatic rings. The van der Waals surface area contributed by atoms with Crippen LogP contribution in [0.15, 0.2) is 0 Å². The Bertz CT molecular complexity index is 95.1. The van der Waals surface area contributed by atoms with Gasteiger partial charge in [0.05, 0.1) is 0 Å². The summed E-state index contributed by atoms with van der Waals surface area (Å²) < 4.78 is 0. The predicted octanol–water partition coefficient (Wildman–Crippen LogP) is -0.576. The number of aliphatic hydroxyl groups is 2. The first-order valence-electron chi connectivity index (χ1n) is 3.32. The molecule has 0 spiro atoms. The van der Waals surface area contributed by atoms with Crippen LogP contribution in [0.2, 0.25) is 0 Å². The SMILES string of the molecule is N[C@H]1CCC(C(O)O)C1. The van der Waals surface area contributed by atoms with Crippen LogP contribution in [-0.2, 0) is 0 Å². The highest BCUT2D eigenvalue weighted by molar-refractivity contribution is 4.78. The lowest BCUT2D eigenvalue weighted by atomic mass is 10.1. The van der Waals surface area contributed by atoms with Crippen molar-refractivity contribution in [1.29, 1.82) is 0 Å². The van der Waals surface area contributed by atoms with E-state index in [2.05, 4.69) is 0 Å². The van der Waals surface area contributed by atoms with E-state index in [1.807, 2.05) is 0 Å². The molecule has 3 heteroatoms. The third-order valence-electron chi connectivity index (χ3n) is 1.94. The van der Waals surface area contributed by atoms with Crippen LogP contribution >= 0.6 is 0 Å². The average Bonchev–Trinajstić information content (AvgIpc) is 2.14. The van der Waals surface area contributed by atoms with Crippen molar-refractivity contribution < 1.29 is 10.2 Å². The Kier molecular flexibility index (Phi) is 2.05. The Morgan fingerprint density at radius 3 is 2.22 bits per heavy atom. The number of nitrogens with two attached hydrogens (primary N) is 1. The summed E-state index contributed by atoms with van der Waals surface area (Å²) in [7, 11) is 0. The van der Waals surface area contributed by atoms with Crippen molar-refractivity contribution in [2.24, 2.45) is 11.7 Å². The summed E-state index contributed by atoms with van der Waals surface area (Å²) >= 11 is 0. The van der Waals surface area contributed by atoms with Crippen LogP contribution in [0.1, 0.15) is 19.3 Å². The van der Waals surface area contributed by atoms with Gasteiger partial charge < -0.3 is 15.9 Å². The molecule has 54 valence electrons. The molecule has 1 aliphatic carbocycles. The van der Waals surface area contributed by atoms with Gasteiger partial charge in [-0.05, 0) is 19.3 Å². The number of hydrogen-bond acceptors (Lipinski definition) is 3. The van der Waals surface area contributed by atoms with Crippen molar-refractivity contribution in [3.63, 3.8) is 0 Å². The molecule has 0 aliphatic heterocycles. The molecule has 0 radical (unpaired) electrons. The van der Waals surface area contributed by atoms with E-state index >= 15 is 0 Å².